The summed E-state index contributed by atoms with van der Waals surface area (Å²) in [5, 5.41) is 2.96. The Morgan fingerprint density at radius 1 is 1.29 bits per heavy atom. The molecule has 1 N–H and O–H groups in total. The number of ether oxygens (including phenoxy) is 1. The van der Waals surface area contributed by atoms with Crippen LogP contribution >= 0.6 is 0 Å². The first-order chi connectivity index (χ1) is 11.6. The zero-order valence-electron chi connectivity index (χ0n) is 14.1. The molecule has 0 saturated carbocycles. The Bertz CT molecular complexity index is 580. The van der Waals surface area contributed by atoms with Crippen molar-refractivity contribution >= 4 is 11.8 Å². The van der Waals surface area contributed by atoms with Gasteiger partial charge in [0.2, 0.25) is 11.8 Å². The van der Waals surface area contributed by atoms with Gasteiger partial charge in [0, 0.05) is 32.6 Å². The van der Waals surface area contributed by atoms with Crippen LogP contribution in [-0.2, 0) is 14.3 Å². The van der Waals surface area contributed by atoms with Crippen LogP contribution in [-0.4, -0.2) is 67.6 Å². The Morgan fingerprint density at radius 3 is 2.71 bits per heavy atom. The number of hydrogen-bond donors (Lipinski definition) is 1. The fourth-order valence-corrected chi connectivity index (χ4v) is 3.24. The van der Waals surface area contributed by atoms with Crippen molar-refractivity contribution in [3.8, 4) is 0 Å². The number of rotatable bonds is 6. The zero-order valence-corrected chi connectivity index (χ0v) is 14.1. The Labute approximate surface area is 141 Å². The van der Waals surface area contributed by atoms with Crippen LogP contribution in [0.3, 0.4) is 0 Å². The summed E-state index contributed by atoms with van der Waals surface area (Å²) in [6.07, 6.45) is 1.39. The number of aryl methyl sites for hydroxylation is 1. The van der Waals surface area contributed by atoms with E-state index in [9.17, 15) is 9.59 Å². The lowest BCUT2D eigenvalue weighted by atomic mass is 10.1. The van der Waals surface area contributed by atoms with Gasteiger partial charge in [-0.05, 0) is 25.5 Å². The van der Waals surface area contributed by atoms with Crippen LogP contribution in [0, 0.1) is 6.92 Å². The van der Waals surface area contributed by atoms with Crippen molar-refractivity contribution in [3.05, 3.63) is 23.7 Å². The summed E-state index contributed by atoms with van der Waals surface area (Å²) < 4.78 is 11.2. The minimum absolute atomic E-state index is 0.0131. The largest absolute Gasteiger partial charge is 0.465 e. The van der Waals surface area contributed by atoms with Gasteiger partial charge in [0.25, 0.3) is 0 Å². The average Bonchev–Trinajstić information content (AvgIpc) is 3.18. The van der Waals surface area contributed by atoms with Crippen molar-refractivity contribution in [1.82, 2.24) is 15.1 Å². The van der Waals surface area contributed by atoms with E-state index in [0.717, 1.165) is 31.0 Å². The number of amides is 2. The van der Waals surface area contributed by atoms with E-state index in [1.165, 1.54) is 0 Å². The highest BCUT2D eigenvalue weighted by Crippen LogP contribution is 2.23. The molecule has 0 bridgehead atoms. The van der Waals surface area contributed by atoms with Crippen molar-refractivity contribution in [2.45, 2.75) is 25.8 Å². The molecule has 2 aliphatic heterocycles. The number of carbonyl (C=O) groups is 2. The first-order valence-electron chi connectivity index (χ1n) is 8.56. The molecule has 0 unspecified atom stereocenters. The predicted molar refractivity (Wildman–Crippen MR) is 87.4 cm³/mol. The summed E-state index contributed by atoms with van der Waals surface area (Å²) in [6, 6.07) is 3.89. The van der Waals surface area contributed by atoms with E-state index in [4.69, 9.17) is 9.15 Å². The third-order valence-electron chi connectivity index (χ3n) is 4.57. The molecule has 0 spiro atoms. The first-order valence-corrected chi connectivity index (χ1v) is 8.56. The van der Waals surface area contributed by atoms with E-state index in [0.29, 0.717) is 32.7 Å². The molecule has 0 aromatic carbocycles. The van der Waals surface area contributed by atoms with Gasteiger partial charge in [-0.2, -0.15) is 0 Å². The van der Waals surface area contributed by atoms with Crippen LogP contribution < -0.4 is 5.32 Å². The van der Waals surface area contributed by atoms with Gasteiger partial charge in [-0.25, -0.2) is 0 Å². The Balaban J connectivity index is 1.59. The lowest BCUT2D eigenvalue weighted by Gasteiger charge is -2.33. The number of morpholine rings is 1. The average molecular weight is 335 g/mol. The highest BCUT2D eigenvalue weighted by atomic mass is 16.5. The molecule has 0 radical (unpaired) electrons. The summed E-state index contributed by atoms with van der Waals surface area (Å²) >= 11 is 0. The lowest BCUT2D eigenvalue weighted by Crippen LogP contribution is -2.45. The molecule has 7 heteroatoms. The third kappa shape index (κ3) is 4.15. The monoisotopic (exact) mass is 335 g/mol. The van der Waals surface area contributed by atoms with E-state index in [1.54, 1.807) is 4.90 Å². The van der Waals surface area contributed by atoms with Crippen LogP contribution in [0.25, 0.3) is 0 Å². The van der Waals surface area contributed by atoms with Gasteiger partial charge in [0.1, 0.15) is 11.5 Å². The van der Waals surface area contributed by atoms with Crippen LogP contribution in [0.15, 0.2) is 16.5 Å². The molecule has 0 aliphatic carbocycles. The summed E-state index contributed by atoms with van der Waals surface area (Å²) in [5.74, 6) is 1.66. The van der Waals surface area contributed by atoms with Gasteiger partial charge in [-0.1, -0.05) is 0 Å². The van der Waals surface area contributed by atoms with Gasteiger partial charge >= 0.3 is 0 Å². The summed E-state index contributed by atoms with van der Waals surface area (Å²) in [6.45, 7) is 6.20. The standard InChI is InChI=1S/C17H25N3O4/c1-13-4-5-15(24-13)14(19-7-9-23-10-8-19)11-18-16(21)12-20-6-2-3-17(20)22/h4-5,14H,2-3,6-12H2,1H3,(H,18,21)/t14-/m1/s1. The summed E-state index contributed by atoms with van der Waals surface area (Å²) in [5.41, 5.74) is 0. The number of likely N-dealkylation sites (tertiary alicyclic amines) is 1. The quantitative estimate of drug-likeness (QED) is 0.828. The number of hydrogen-bond acceptors (Lipinski definition) is 5. The van der Waals surface area contributed by atoms with Crippen LogP contribution in [0.4, 0.5) is 0 Å². The zero-order chi connectivity index (χ0) is 16.9. The topological polar surface area (TPSA) is 75.0 Å². The lowest BCUT2D eigenvalue weighted by molar-refractivity contribution is -0.133. The molecule has 3 rings (SSSR count). The van der Waals surface area contributed by atoms with Gasteiger partial charge < -0.3 is 19.4 Å². The van der Waals surface area contributed by atoms with E-state index in [-0.39, 0.29) is 24.4 Å². The fraction of sp³-hybridized carbons (Fsp3) is 0.647. The first kappa shape index (κ1) is 17.0. The summed E-state index contributed by atoms with van der Waals surface area (Å²) in [4.78, 5) is 27.7. The van der Waals surface area contributed by atoms with E-state index in [1.807, 2.05) is 19.1 Å². The molecule has 7 nitrogen and oxygen atoms in total. The maximum absolute atomic E-state index is 12.2. The van der Waals surface area contributed by atoms with Gasteiger partial charge in [-0.3, -0.25) is 14.5 Å². The maximum Gasteiger partial charge on any atom is 0.239 e. The van der Waals surface area contributed by atoms with Crippen LogP contribution in [0.5, 0.6) is 0 Å². The van der Waals surface area contributed by atoms with E-state index < -0.39 is 0 Å². The Morgan fingerprint density at radius 2 is 2.08 bits per heavy atom. The Kier molecular flexibility index (Phi) is 5.52. The van der Waals surface area contributed by atoms with Crippen LogP contribution in [0.2, 0.25) is 0 Å². The number of carbonyl (C=O) groups excluding carboxylic acids is 2. The molecule has 1 aromatic rings. The third-order valence-corrected chi connectivity index (χ3v) is 4.57. The number of nitrogens with one attached hydrogen (secondary N) is 1. The van der Waals surface area contributed by atoms with Crippen molar-refractivity contribution in [3.63, 3.8) is 0 Å². The molecule has 2 amide bonds. The highest BCUT2D eigenvalue weighted by molar-refractivity contribution is 5.85. The highest BCUT2D eigenvalue weighted by Gasteiger charge is 2.27. The fourth-order valence-electron chi connectivity index (χ4n) is 3.24. The molecule has 1 atom stereocenters. The maximum atomic E-state index is 12.2. The van der Waals surface area contributed by atoms with Gasteiger partial charge in [0.15, 0.2) is 0 Å². The molecule has 3 heterocycles. The molecule has 1 aromatic heterocycles. The van der Waals surface area contributed by atoms with Crippen molar-refractivity contribution in [2.75, 3.05) is 45.9 Å². The van der Waals surface area contributed by atoms with Crippen molar-refractivity contribution in [2.24, 2.45) is 0 Å². The molecule has 2 saturated heterocycles. The molecule has 2 aliphatic rings. The molecule has 132 valence electrons. The molecule has 24 heavy (non-hydrogen) atoms. The van der Waals surface area contributed by atoms with Crippen LogP contribution in [0.1, 0.15) is 30.4 Å². The second-order valence-electron chi connectivity index (χ2n) is 6.34. The van der Waals surface area contributed by atoms with Crippen molar-refractivity contribution in [1.29, 1.82) is 0 Å². The van der Waals surface area contributed by atoms with Gasteiger partial charge in [0.05, 0.1) is 25.8 Å². The van der Waals surface area contributed by atoms with E-state index >= 15 is 0 Å². The smallest absolute Gasteiger partial charge is 0.239 e. The summed E-state index contributed by atoms with van der Waals surface area (Å²) in [7, 11) is 0. The number of furan rings is 1. The second-order valence-corrected chi connectivity index (χ2v) is 6.34. The SMILES string of the molecule is Cc1ccc([C@@H](CNC(=O)CN2CCCC2=O)N2CCOCC2)o1. The van der Waals surface area contributed by atoms with Crippen molar-refractivity contribution < 1.29 is 18.7 Å². The second kappa shape index (κ2) is 7.81. The number of nitrogens with zero attached hydrogens (tertiary/aromatic N) is 2. The Hall–Kier alpha value is -1.86. The minimum Gasteiger partial charge on any atom is -0.465 e. The van der Waals surface area contributed by atoms with Gasteiger partial charge in [-0.15, -0.1) is 0 Å². The van der Waals surface area contributed by atoms with E-state index in [2.05, 4.69) is 10.2 Å². The minimum atomic E-state index is -0.119. The normalized spacial score (nSPS) is 20.4. The predicted octanol–water partition coefficient (Wildman–Crippen LogP) is 0.700. The molecule has 2 fully saturated rings. The molecular formula is C17H25N3O4. The molecular weight excluding hydrogens is 310 g/mol.